The molecule has 0 nitrogen and oxygen atoms in total. The number of halogens is 1. The third-order valence-corrected chi connectivity index (χ3v) is 11.1. The monoisotopic (exact) mass is 566 g/mol. The van der Waals surface area contributed by atoms with Crippen molar-refractivity contribution in [3.8, 4) is 11.1 Å². The molecular weight excluding hydrogens is 524 g/mol. The summed E-state index contributed by atoms with van der Waals surface area (Å²) in [5, 5.41) is 2.70. The molecule has 0 heterocycles. The lowest BCUT2D eigenvalue weighted by atomic mass is 9.56. The molecule has 0 amide bonds. The molecule has 3 atom stereocenters. The molecule has 0 spiro atoms. The molecular formula is C37H43Br. The lowest BCUT2D eigenvalue weighted by Gasteiger charge is -2.47. The van der Waals surface area contributed by atoms with Crippen LogP contribution >= 0.6 is 15.9 Å². The summed E-state index contributed by atoms with van der Waals surface area (Å²) in [5.41, 5.74) is 9.96. The van der Waals surface area contributed by atoms with Gasteiger partial charge < -0.3 is 0 Å². The molecule has 0 aliphatic heterocycles. The number of rotatable bonds is 7. The highest BCUT2D eigenvalue weighted by Crippen LogP contribution is 2.54. The summed E-state index contributed by atoms with van der Waals surface area (Å²) >= 11 is 3.71. The minimum Gasteiger partial charge on any atom is -0.0648 e. The predicted molar refractivity (Wildman–Crippen MR) is 170 cm³/mol. The van der Waals surface area contributed by atoms with Crippen molar-refractivity contribution < 1.29 is 0 Å². The van der Waals surface area contributed by atoms with Crippen LogP contribution in [0.15, 0.2) is 77.3 Å². The summed E-state index contributed by atoms with van der Waals surface area (Å²) in [5.74, 6) is 0.597. The van der Waals surface area contributed by atoms with Gasteiger partial charge in [0.2, 0.25) is 0 Å². The van der Waals surface area contributed by atoms with Crippen LogP contribution in [0.5, 0.6) is 0 Å². The SMILES string of the molecule is CCC(C)c1ccc2cc(C(C)(CC)C(C)(CC)c3ccc4c(c3)C(C)(C)c3cc(Br)ccc3-4)ccc2c1. The third-order valence-electron chi connectivity index (χ3n) is 10.6. The van der Waals surface area contributed by atoms with Gasteiger partial charge in [-0.2, -0.15) is 0 Å². The van der Waals surface area contributed by atoms with Gasteiger partial charge in [0.1, 0.15) is 0 Å². The van der Waals surface area contributed by atoms with E-state index >= 15 is 0 Å². The molecule has 38 heavy (non-hydrogen) atoms. The van der Waals surface area contributed by atoms with Gasteiger partial charge in [-0.1, -0.05) is 132 Å². The summed E-state index contributed by atoms with van der Waals surface area (Å²) < 4.78 is 1.15. The first-order valence-corrected chi connectivity index (χ1v) is 15.3. The van der Waals surface area contributed by atoms with Crippen molar-refractivity contribution in [2.45, 2.75) is 96.8 Å². The molecule has 0 bridgehead atoms. The molecule has 0 saturated heterocycles. The maximum Gasteiger partial charge on any atom is 0.0178 e. The zero-order chi connectivity index (χ0) is 27.5. The molecule has 4 aromatic rings. The molecule has 0 fully saturated rings. The van der Waals surface area contributed by atoms with Crippen LogP contribution < -0.4 is 0 Å². The average Bonchev–Trinajstić information content (AvgIpc) is 3.16. The van der Waals surface area contributed by atoms with Crippen LogP contribution in [0.4, 0.5) is 0 Å². The number of hydrogen-bond acceptors (Lipinski definition) is 0. The van der Waals surface area contributed by atoms with Crippen LogP contribution in [-0.2, 0) is 16.2 Å². The van der Waals surface area contributed by atoms with E-state index in [0.29, 0.717) is 5.92 Å². The van der Waals surface area contributed by atoms with Gasteiger partial charge >= 0.3 is 0 Å². The first-order chi connectivity index (χ1) is 18.0. The molecule has 4 aromatic carbocycles. The summed E-state index contributed by atoms with van der Waals surface area (Å²) in [4.78, 5) is 0. The summed E-state index contributed by atoms with van der Waals surface area (Å²) in [7, 11) is 0. The Morgan fingerprint density at radius 1 is 0.684 bits per heavy atom. The van der Waals surface area contributed by atoms with Crippen molar-refractivity contribution >= 4 is 26.7 Å². The Hall–Kier alpha value is -2.38. The quantitative estimate of drug-likeness (QED) is 0.208. The second-order valence-electron chi connectivity index (χ2n) is 12.6. The van der Waals surface area contributed by atoms with Crippen LogP contribution in [0.2, 0.25) is 0 Å². The van der Waals surface area contributed by atoms with E-state index in [1.807, 2.05) is 0 Å². The second-order valence-corrected chi connectivity index (χ2v) is 13.5. The van der Waals surface area contributed by atoms with E-state index in [2.05, 4.69) is 144 Å². The van der Waals surface area contributed by atoms with E-state index in [-0.39, 0.29) is 16.2 Å². The zero-order valence-corrected chi connectivity index (χ0v) is 26.1. The molecule has 1 aliphatic carbocycles. The highest BCUT2D eigenvalue weighted by Gasteiger charge is 2.46. The smallest absolute Gasteiger partial charge is 0.0178 e. The van der Waals surface area contributed by atoms with Crippen LogP contribution in [0.25, 0.3) is 21.9 Å². The number of fused-ring (bicyclic) bond motifs is 4. The van der Waals surface area contributed by atoms with Gasteiger partial charge in [0, 0.05) is 20.7 Å². The van der Waals surface area contributed by atoms with Crippen LogP contribution in [-0.4, -0.2) is 0 Å². The van der Waals surface area contributed by atoms with Gasteiger partial charge in [-0.3, -0.25) is 0 Å². The van der Waals surface area contributed by atoms with E-state index in [1.54, 1.807) is 0 Å². The van der Waals surface area contributed by atoms with E-state index < -0.39 is 0 Å². The topological polar surface area (TPSA) is 0 Å². The van der Waals surface area contributed by atoms with Crippen LogP contribution in [0.1, 0.15) is 108 Å². The Bertz CT molecular complexity index is 1510. The van der Waals surface area contributed by atoms with Crippen molar-refractivity contribution in [3.05, 3.63) is 105 Å². The summed E-state index contributed by atoms with van der Waals surface area (Å²) in [6, 6.07) is 28.4. The maximum absolute atomic E-state index is 3.71. The molecule has 1 heteroatoms. The maximum atomic E-state index is 3.71. The normalized spacial score (nSPS) is 17.9. The first-order valence-electron chi connectivity index (χ1n) is 14.5. The van der Waals surface area contributed by atoms with Crippen molar-refractivity contribution in [1.29, 1.82) is 0 Å². The van der Waals surface area contributed by atoms with Crippen molar-refractivity contribution in [1.82, 2.24) is 0 Å². The third kappa shape index (κ3) is 4.00. The lowest BCUT2D eigenvalue weighted by Crippen LogP contribution is -2.44. The van der Waals surface area contributed by atoms with E-state index in [1.165, 1.54) is 56.1 Å². The van der Waals surface area contributed by atoms with Gasteiger partial charge in [-0.25, -0.2) is 0 Å². The Morgan fingerprint density at radius 3 is 1.84 bits per heavy atom. The van der Waals surface area contributed by atoms with Crippen molar-refractivity contribution in [2.75, 3.05) is 0 Å². The minimum atomic E-state index is -0.0159. The fourth-order valence-electron chi connectivity index (χ4n) is 7.03. The molecule has 0 saturated carbocycles. The molecule has 198 valence electrons. The average molecular weight is 568 g/mol. The van der Waals surface area contributed by atoms with Gasteiger partial charge in [0.05, 0.1) is 0 Å². The molecule has 0 aromatic heterocycles. The zero-order valence-electron chi connectivity index (χ0n) is 24.5. The highest BCUT2D eigenvalue weighted by molar-refractivity contribution is 9.10. The van der Waals surface area contributed by atoms with E-state index in [9.17, 15) is 0 Å². The summed E-state index contributed by atoms with van der Waals surface area (Å²) in [6.07, 6.45) is 3.34. The fourth-order valence-corrected chi connectivity index (χ4v) is 7.39. The Kier molecular flexibility index (Phi) is 6.92. The molecule has 5 rings (SSSR count). The summed E-state index contributed by atoms with van der Waals surface area (Å²) in [6.45, 7) is 19.1. The minimum absolute atomic E-state index is 0.00180. The predicted octanol–water partition coefficient (Wildman–Crippen LogP) is 11.5. The highest BCUT2D eigenvalue weighted by atomic mass is 79.9. The number of hydrogen-bond donors (Lipinski definition) is 0. The van der Waals surface area contributed by atoms with E-state index in [0.717, 1.165) is 17.3 Å². The fraction of sp³-hybridized carbons (Fsp3) is 0.405. The van der Waals surface area contributed by atoms with Gasteiger partial charge in [0.15, 0.2) is 0 Å². The molecule has 3 unspecified atom stereocenters. The lowest BCUT2D eigenvalue weighted by molar-refractivity contribution is 0.234. The van der Waals surface area contributed by atoms with Gasteiger partial charge in [0.25, 0.3) is 0 Å². The molecule has 1 aliphatic rings. The van der Waals surface area contributed by atoms with Crippen LogP contribution in [0.3, 0.4) is 0 Å². The van der Waals surface area contributed by atoms with E-state index in [4.69, 9.17) is 0 Å². The largest absolute Gasteiger partial charge is 0.0648 e. The van der Waals surface area contributed by atoms with Gasteiger partial charge in [-0.05, 0) is 87.0 Å². The van der Waals surface area contributed by atoms with Crippen LogP contribution in [0, 0.1) is 0 Å². The Labute approximate surface area is 239 Å². The second kappa shape index (κ2) is 9.67. The Balaban J connectivity index is 1.61. The standard InChI is InChI=1S/C37H43Br/c1-9-24(4)25-12-13-27-21-28(15-14-26(27)20-25)36(7,10-2)37(8,11-3)29-16-18-31-32-19-17-30(38)23-34(32)35(5,6)33(31)22-29/h12-24H,9-11H2,1-8H3. The van der Waals surface area contributed by atoms with Crippen molar-refractivity contribution in [3.63, 3.8) is 0 Å². The first kappa shape index (κ1) is 27.2. The molecule has 0 N–H and O–H groups in total. The Morgan fingerprint density at radius 2 is 1.21 bits per heavy atom. The van der Waals surface area contributed by atoms with Gasteiger partial charge in [-0.15, -0.1) is 0 Å². The van der Waals surface area contributed by atoms with Crippen molar-refractivity contribution in [2.24, 2.45) is 0 Å². The molecule has 0 radical (unpaired) electrons. The number of benzene rings is 4.